The van der Waals surface area contributed by atoms with Crippen molar-refractivity contribution in [1.82, 2.24) is 20.1 Å². The molecule has 1 N–H and O–H groups in total. The van der Waals surface area contributed by atoms with Gasteiger partial charge in [-0.1, -0.05) is 6.92 Å². The zero-order valence-corrected chi connectivity index (χ0v) is 12.0. The SMILES string of the molecule is CCCNC(Cc1cnn(CC)c1)c1ccc(F)cn1. The van der Waals surface area contributed by atoms with E-state index in [0.717, 1.165) is 37.2 Å². The third kappa shape index (κ3) is 3.87. The Morgan fingerprint density at radius 1 is 1.30 bits per heavy atom. The predicted molar refractivity (Wildman–Crippen MR) is 76.8 cm³/mol. The van der Waals surface area contributed by atoms with Gasteiger partial charge in [-0.05, 0) is 44.0 Å². The maximum absolute atomic E-state index is 13.0. The molecule has 0 amide bonds. The summed E-state index contributed by atoms with van der Waals surface area (Å²) in [5, 5.41) is 7.74. The summed E-state index contributed by atoms with van der Waals surface area (Å²) in [5.41, 5.74) is 2.02. The number of rotatable bonds is 7. The molecule has 2 aromatic rings. The summed E-state index contributed by atoms with van der Waals surface area (Å²) in [4.78, 5) is 4.19. The van der Waals surface area contributed by atoms with Crippen LogP contribution in [-0.4, -0.2) is 21.3 Å². The minimum Gasteiger partial charge on any atom is -0.308 e. The molecule has 0 saturated carbocycles. The van der Waals surface area contributed by atoms with Crippen molar-refractivity contribution in [2.24, 2.45) is 0 Å². The first kappa shape index (κ1) is 14.7. The van der Waals surface area contributed by atoms with Crippen molar-refractivity contribution in [1.29, 1.82) is 0 Å². The summed E-state index contributed by atoms with van der Waals surface area (Å²) < 4.78 is 14.9. The highest BCUT2D eigenvalue weighted by atomic mass is 19.1. The van der Waals surface area contributed by atoms with E-state index in [1.54, 1.807) is 6.07 Å². The lowest BCUT2D eigenvalue weighted by Gasteiger charge is -2.17. The van der Waals surface area contributed by atoms with Gasteiger partial charge in [-0.3, -0.25) is 9.67 Å². The molecule has 0 radical (unpaired) electrons. The molecule has 4 nitrogen and oxygen atoms in total. The molecule has 2 aromatic heterocycles. The second-order valence-corrected chi connectivity index (χ2v) is 4.82. The molecule has 1 unspecified atom stereocenters. The minimum absolute atomic E-state index is 0.0880. The van der Waals surface area contributed by atoms with Crippen LogP contribution in [-0.2, 0) is 13.0 Å². The molecule has 5 heteroatoms. The number of pyridine rings is 1. The van der Waals surface area contributed by atoms with E-state index in [9.17, 15) is 4.39 Å². The lowest BCUT2D eigenvalue weighted by molar-refractivity contribution is 0.514. The first-order valence-corrected chi connectivity index (χ1v) is 7.09. The molecule has 108 valence electrons. The van der Waals surface area contributed by atoms with Crippen LogP contribution in [0, 0.1) is 5.82 Å². The standard InChI is InChI=1S/C15H21FN4/c1-3-7-17-15(14-6-5-13(16)10-18-14)8-12-9-19-20(4-2)11-12/h5-6,9-11,15,17H,3-4,7-8H2,1-2H3. The van der Waals surface area contributed by atoms with Crippen LogP contribution in [0.5, 0.6) is 0 Å². The molecule has 0 fully saturated rings. The van der Waals surface area contributed by atoms with Gasteiger partial charge in [0.25, 0.3) is 0 Å². The van der Waals surface area contributed by atoms with E-state index in [0.29, 0.717) is 0 Å². The first-order chi connectivity index (χ1) is 9.72. The van der Waals surface area contributed by atoms with Gasteiger partial charge in [-0.15, -0.1) is 0 Å². The summed E-state index contributed by atoms with van der Waals surface area (Å²) in [6.07, 6.45) is 7.05. The van der Waals surface area contributed by atoms with Crippen molar-refractivity contribution in [2.75, 3.05) is 6.54 Å². The van der Waals surface area contributed by atoms with E-state index in [1.165, 1.54) is 12.3 Å². The third-order valence-electron chi connectivity index (χ3n) is 3.20. The Balaban J connectivity index is 2.12. The normalized spacial score (nSPS) is 12.6. The quantitative estimate of drug-likeness (QED) is 0.845. The molecular formula is C15H21FN4. The highest BCUT2D eigenvalue weighted by molar-refractivity contribution is 5.15. The zero-order valence-electron chi connectivity index (χ0n) is 12.0. The highest BCUT2D eigenvalue weighted by Gasteiger charge is 2.14. The van der Waals surface area contributed by atoms with Crippen molar-refractivity contribution in [3.05, 3.63) is 47.8 Å². The number of nitrogens with zero attached hydrogens (tertiary/aromatic N) is 3. The number of aryl methyl sites for hydroxylation is 1. The van der Waals surface area contributed by atoms with Crippen molar-refractivity contribution >= 4 is 0 Å². The lowest BCUT2D eigenvalue weighted by atomic mass is 10.1. The molecule has 2 heterocycles. The zero-order chi connectivity index (χ0) is 14.4. The van der Waals surface area contributed by atoms with Gasteiger partial charge in [-0.2, -0.15) is 5.10 Å². The Hall–Kier alpha value is -1.75. The molecule has 0 aromatic carbocycles. The third-order valence-corrected chi connectivity index (χ3v) is 3.20. The van der Waals surface area contributed by atoms with Gasteiger partial charge in [0.1, 0.15) is 5.82 Å². The van der Waals surface area contributed by atoms with Gasteiger partial charge in [0, 0.05) is 12.7 Å². The average molecular weight is 276 g/mol. The first-order valence-electron chi connectivity index (χ1n) is 7.09. The van der Waals surface area contributed by atoms with Crippen LogP contribution < -0.4 is 5.32 Å². The largest absolute Gasteiger partial charge is 0.308 e. The van der Waals surface area contributed by atoms with Gasteiger partial charge in [0.2, 0.25) is 0 Å². The Morgan fingerprint density at radius 2 is 2.15 bits per heavy atom. The Kier molecular flexibility index (Phi) is 5.24. The molecule has 1 atom stereocenters. The molecule has 0 bridgehead atoms. The fourth-order valence-corrected chi connectivity index (χ4v) is 2.11. The topological polar surface area (TPSA) is 42.7 Å². The van der Waals surface area contributed by atoms with E-state index in [1.807, 2.05) is 17.1 Å². The Morgan fingerprint density at radius 3 is 2.75 bits per heavy atom. The van der Waals surface area contributed by atoms with Crippen LogP contribution >= 0.6 is 0 Å². The number of halogens is 1. The van der Waals surface area contributed by atoms with Crippen LogP contribution in [0.2, 0.25) is 0 Å². The number of hydrogen-bond donors (Lipinski definition) is 1. The van der Waals surface area contributed by atoms with E-state index in [-0.39, 0.29) is 11.9 Å². The molecule has 0 spiro atoms. The molecule has 0 saturated heterocycles. The second-order valence-electron chi connectivity index (χ2n) is 4.82. The Bertz CT molecular complexity index is 521. The van der Waals surface area contributed by atoms with Gasteiger partial charge in [0.15, 0.2) is 0 Å². The van der Waals surface area contributed by atoms with Gasteiger partial charge in [0.05, 0.1) is 24.1 Å². The van der Waals surface area contributed by atoms with Crippen LogP contribution in [0.15, 0.2) is 30.7 Å². The lowest BCUT2D eigenvalue weighted by Crippen LogP contribution is -2.24. The molecule has 0 aliphatic carbocycles. The summed E-state index contributed by atoms with van der Waals surface area (Å²) in [6, 6.07) is 3.29. The minimum atomic E-state index is -0.304. The second kappa shape index (κ2) is 7.14. The molecule has 20 heavy (non-hydrogen) atoms. The van der Waals surface area contributed by atoms with Crippen LogP contribution in [0.3, 0.4) is 0 Å². The molecule has 2 rings (SSSR count). The molecule has 0 aliphatic rings. The predicted octanol–water partition coefficient (Wildman–Crippen LogP) is 2.72. The smallest absolute Gasteiger partial charge is 0.141 e. The van der Waals surface area contributed by atoms with E-state index >= 15 is 0 Å². The summed E-state index contributed by atoms with van der Waals surface area (Å²) >= 11 is 0. The monoisotopic (exact) mass is 276 g/mol. The summed E-state index contributed by atoms with van der Waals surface area (Å²) in [7, 11) is 0. The average Bonchev–Trinajstić information content (AvgIpc) is 2.92. The van der Waals surface area contributed by atoms with Crippen molar-refractivity contribution in [3.63, 3.8) is 0 Å². The van der Waals surface area contributed by atoms with Gasteiger partial charge < -0.3 is 5.32 Å². The number of nitrogens with one attached hydrogen (secondary N) is 1. The van der Waals surface area contributed by atoms with Crippen LogP contribution in [0.4, 0.5) is 4.39 Å². The van der Waals surface area contributed by atoms with Gasteiger partial charge in [-0.25, -0.2) is 4.39 Å². The molecule has 0 aliphatic heterocycles. The Labute approximate surface area is 119 Å². The molecular weight excluding hydrogens is 255 g/mol. The fraction of sp³-hybridized carbons (Fsp3) is 0.467. The maximum atomic E-state index is 13.0. The van der Waals surface area contributed by atoms with Crippen LogP contribution in [0.1, 0.15) is 37.6 Å². The highest BCUT2D eigenvalue weighted by Crippen LogP contribution is 2.16. The summed E-state index contributed by atoms with van der Waals surface area (Å²) in [6.45, 7) is 5.95. The van der Waals surface area contributed by atoms with Crippen molar-refractivity contribution in [2.45, 2.75) is 39.3 Å². The number of aromatic nitrogens is 3. The van der Waals surface area contributed by atoms with E-state index in [4.69, 9.17) is 0 Å². The fourth-order valence-electron chi connectivity index (χ4n) is 2.11. The van der Waals surface area contributed by atoms with E-state index in [2.05, 4.69) is 29.2 Å². The van der Waals surface area contributed by atoms with Crippen molar-refractivity contribution < 1.29 is 4.39 Å². The maximum Gasteiger partial charge on any atom is 0.141 e. The van der Waals surface area contributed by atoms with Crippen molar-refractivity contribution in [3.8, 4) is 0 Å². The summed E-state index contributed by atoms with van der Waals surface area (Å²) in [5.74, 6) is -0.304. The van der Waals surface area contributed by atoms with E-state index < -0.39 is 0 Å². The number of hydrogen-bond acceptors (Lipinski definition) is 3. The van der Waals surface area contributed by atoms with Crippen LogP contribution in [0.25, 0.3) is 0 Å². The van der Waals surface area contributed by atoms with Gasteiger partial charge >= 0.3 is 0 Å².